The molecule has 5 heteroatoms. The van der Waals surface area contributed by atoms with Crippen LogP contribution in [0.2, 0.25) is 0 Å². The van der Waals surface area contributed by atoms with Gasteiger partial charge in [0.05, 0.1) is 9.83 Å². The van der Waals surface area contributed by atoms with Gasteiger partial charge in [0.1, 0.15) is 0 Å². The van der Waals surface area contributed by atoms with Crippen molar-refractivity contribution in [3.8, 4) is 0 Å². The minimum Gasteiger partial charge on any atom is -0.351 e. The van der Waals surface area contributed by atoms with Gasteiger partial charge >= 0.3 is 0 Å². The Hall–Kier alpha value is 0.0600. The van der Waals surface area contributed by atoms with Crippen molar-refractivity contribution in [2.75, 3.05) is 20.3 Å². The van der Waals surface area contributed by atoms with E-state index in [0.717, 1.165) is 10.2 Å². The van der Waals surface area contributed by atoms with Crippen LogP contribution in [0.5, 0.6) is 0 Å². The average Bonchev–Trinajstić information content (AvgIpc) is 2.72. The first-order chi connectivity index (χ1) is 8.21. The number of nitrogens with one attached hydrogen (secondary N) is 1. The molecule has 1 rings (SSSR count). The van der Waals surface area contributed by atoms with Crippen LogP contribution < -0.4 is 5.32 Å². The second-order valence-corrected chi connectivity index (χ2v) is 6.13. The highest BCUT2D eigenvalue weighted by atomic mass is 79.9. The summed E-state index contributed by atoms with van der Waals surface area (Å²) in [4.78, 5) is 1.32. The monoisotopic (exact) mass is 321 g/mol. The van der Waals surface area contributed by atoms with Crippen LogP contribution >= 0.6 is 27.3 Å². The van der Waals surface area contributed by atoms with Crippen LogP contribution in [0.4, 0.5) is 0 Å². The van der Waals surface area contributed by atoms with Crippen molar-refractivity contribution in [3.63, 3.8) is 0 Å². The van der Waals surface area contributed by atoms with Gasteiger partial charge in [0.15, 0.2) is 6.29 Å². The number of thiophene rings is 1. The third-order valence-corrected chi connectivity index (χ3v) is 4.06. The van der Waals surface area contributed by atoms with Crippen LogP contribution in [-0.4, -0.2) is 32.6 Å². The van der Waals surface area contributed by atoms with Crippen molar-refractivity contribution in [2.24, 2.45) is 0 Å². The standard InChI is InChI=1S/C12H20BrNO2S/c1-4-15-12(16-5-2)10(14-3)8-9-6-7-11(13)17-9/h6-7,10,12,14H,4-5,8H2,1-3H3. The number of hydrogen-bond acceptors (Lipinski definition) is 4. The molecule has 1 aromatic heterocycles. The Balaban J connectivity index is 2.61. The summed E-state index contributed by atoms with van der Waals surface area (Å²) in [6.45, 7) is 5.30. The molecule has 0 aliphatic heterocycles. The topological polar surface area (TPSA) is 30.5 Å². The Morgan fingerprint density at radius 3 is 2.35 bits per heavy atom. The number of rotatable bonds is 8. The van der Waals surface area contributed by atoms with Gasteiger partial charge in [-0.3, -0.25) is 0 Å². The Kier molecular flexibility index (Phi) is 7.30. The van der Waals surface area contributed by atoms with Gasteiger partial charge < -0.3 is 14.8 Å². The second kappa shape index (κ2) is 8.21. The summed E-state index contributed by atoms with van der Waals surface area (Å²) in [6.07, 6.45) is 0.730. The number of hydrogen-bond donors (Lipinski definition) is 1. The molecule has 0 aliphatic carbocycles. The molecule has 0 saturated heterocycles. The molecule has 98 valence electrons. The molecule has 3 nitrogen and oxygen atoms in total. The van der Waals surface area contributed by atoms with E-state index in [4.69, 9.17) is 9.47 Å². The largest absolute Gasteiger partial charge is 0.351 e. The zero-order valence-corrected chi connectivity index (χ0v) is 12.9. The summed E-state index contributed by atoms with van der Waals surface area (Å²) in [6, 6.07) is 4.39. The molecule has 0 spiro atoms. The van der Waals surface area contributed by atoms with E-state index < -0.39 is 0 Å². The Morgan fingerprint density at radius 1 is 1.29 bits per heavy atom. The molecule has 17 heavy (non-hydrogen) atoms. The first kappa shape index (κ1) is 15.1. The smallest absolute Gasteiger partial charge is 0.173 e. The van der Waals surface area contributed by atoms with Crippen LogP contribution in [0, 0.1) is 0 Å². The number of halogens is 1. The van der Waals surface area contributed by atoms with E-state index in [1.807, 2.05) is 20.9 Å². The maximum absolute atomic E-state index is 5.62. The van der Waals surface area contributed by atoms with E-state index in [9.17, 15) is 0 Å². The third-order valence-electron chi connectivity index (χ3n) is 2.41. The highest BCUT2D eigenvalue weighted by Gasteiger charge is 2.21. The van der Waals surface area contributed by atoms with E-state index in [-0.39, 0.29) is 12.3 Å². The Bertz CT molecular complexity index is 313. The molecule has 1 heterocycles. The lowest BCUT2D eigenvalue weighted by molar-refractivity contribution is -0.152. The van der Waals surface area contributed by atoms with Gasteiger partial charge in [-0.05, 0) is 49.0 Å². The quantitative estimate of drug-likeness (QED) is 0.746. The average molecular weight is 322 g/mol. The highest BCUT2D eigenvalue weighted by molar-refractivity contribution is 9.11. The highest BCUT2D eigenvalue weighted by Crippen LogP contribution is 2.24. The molecule has 0 fully saturated rings. The second-order valence-electron chi connectivity index (χ2n) is 3.58. The molecule has 1 N–H and O–H groups in total. The van der Waals surface area contributed by atoms with Gasteiger partial charge in [-0.2, -0.15) is 0 Å². The Morgan fingerprint density at radius 2 is 1.94 bits per heavy atom. The molecule has 0 saturated carbocycles. The number of ether oxygens (including phenoxy) is 2. The van der Waals surface area contributed by atoms with Gasteiger partial charge in [-0.1, -0.05) is 0 Å². The molecule has 0 aliphatic rings. The van der Waals surface area contributed by atoms with Crippen molar-refractivity contribution < 1.29 is 9.47 Å². The van der Waals surface area contributed by atoms with E-state index in [0.29, 0.717) is 13.2 Å². The van der Waals surface area contributed by atoms with E-state index in [2.05, 4.69) is 33.4 Å². The molecule has 0 radical (unpaired) electrons. The fourth-order valence-corrected chi connectivity index (χ4v) is 3.16. The fourth-order valence-electron chi connectivity index (χ4n) is 1.62. The van der Waals surface area contributed by atoms with E-state index in [1.165, 1.54) is 4.88 Å². The van der Waals surface area contributed by atoms with Gasteiger partial charge in [-0.15, -0.1) is 11.3 Å². The Labute approximate surface area is 116 Å². The van der Waals surface area contributed by atoms with Gasteiger partial charge in [0.2, 0.25) is 0 Å². The molecule has 0 amide bonds. The lowest BCUT2D eigenvalue weighted by Gasteiger charge is -2.26. The van der Waals surface area contributed by atoms with Crippen molar-refractivity contribution >= 4 is 27.3 Å². The zero-order valence-electron chi connectivity index (χ0n) is 10.5. The van der Waals surface area contributed by atoms with Crippen molar-refractivity contribution in [1.82, 2.24) is 5.32 Å². The number of likely N-dealkylation sites (N-methyl/N-ethyl adjacent to an activating group) is 1. The molecular formula is C12H20BrNO2S. The lowest BCUT2D eigenvalue weighted by atomic mass is 10.1. The van der Waals surface area contributed by atoms with Crippen molar-refractivity contribution in [2.45, 2.75) is 32.6 Å². The minimum absolute atomic E-state index is 0.181. The SMILES string of the molecule is CCOC(OCC)C(Cc1ccc(Br)s1)NC. The summed E-state index contributed by atoms with van der Waals surface area (Å²) < 4.78 is 12.4. The van der Waals surface area contributed by atoms with Crippen LogP contribution in [-0.2, 0) is 15.9 Å². The lowest BCUT2D eigenvalue weighted by Crippen LogP contribution is -2.42. The maximum Gasteiger partial charge on any atom is 0.173 e. The van der Waals surface area contributed by atoms with Crippen molar-refractivity contribution in [3.05, 3.63) is 20.8 Å². The van der Waals surface area contributed by atoms with Gasteiger partial charge in [-0.25, -0.2) is 0 Å². The molecular weight excluding hydrogens is 302 g/mol. The third kappa shape index (κ3) is 5.06. The summed E-state index contributed by atoms with van der Waals surface area (Å²) in [5, 5.41) is 3.27. The van der Waals surface area contributed by atoms with Gasteiger partial charge in [0.25, 0.3) is 0 Å². The fraction of sp³-hybridized carbons (Fsp3) is 0.667. The molecule has 0 bridgehead atoms. The summed E-state index contributed by atoms with van der Waals surface area (Å²) in [7, 11) is 1.94. The maximum atomic E-state index is 5.62. The van der Waals surface area contributed by atoms with E-state index >= 15 is 0 Å². The predicted octanol–water partition coefficient (Wildman–Crippen LogP) is 3.04. The summed E-state index contributed by atoms with van der Waals surface area (Å²) in [5.41, 5.74) is 0. The van der Waals surface area contributed by atoms with Crippen LogP contribution in [0.15, 0.2) is 15.9 Å². The normalized spacial score (nSPS) is 13.2. The van der Waals surface area contributed by atoms with E-state index in [1.54, 1.807) is 11.3 Å². The summed E-state index contributed by atoms with van der Waals surface area (Å²) >= 11 is 5.23. The minimum atomic E-state index is -0.184. The summed E-state index contributed by atoms with van der Waals surface area (Å²) in [5.74, 6) is 0. The van der Waals surface area contributed by atoms with Gasteiger partial charge in [0, 0.05) is 24.5 Å². The molecule has 0 aromatic carbocycles. The molecule has 1 aromatic rings. The molecule has 1 unspecified atom stereocenters. The zero-order chi connectivity index (χ0) is 12.7. The van der Waals surface area contributed by atoms with Crippen molar-refractivity contribution in [1.29, 1.82) is 0 Å². The van der Waals surface area contributed by atoms with Crippen LogP contribution in [0.3, 0.4) is 0 Å². The molecule has 1 atom stereocenters. The first-order valence-corrected chi connectivity index (χ1v) is 7.46. The predicted molar refractivity (Wildman–Crippen MR) is 75.6 cm³/mol. The first-order valence-electron chi connectivity index (χ1n) is 5.85. The van der Waals surface area contributed by atoms with Crippen LogP contribution in [0.25, 0.3) is 0 Å². The van der Waals surface area contributed by atoms with Crippen LogP contribution in [0.1, 0.15) is 18.7 Å².